The van der Waals surface area contributed by atoms with Gasteiger partial charge in [-0.1, -0.05) is 57.7 Å². The predicted molar refractivity (Wildman–Crippen MR) is 104 cm³/mol. The Labute approximate surface area is 153 Å². The third-order valence-electron chi connectivity index (χ3n) is 5.95. The highest BCUT2D eigenvalue weighted by atomic mass is 28.4. The summed E-state index contributed by atoms with van der Waals surface area (Å²) in [6.07, 6.45) is 1.29. The SMILES string of the molecule is C=C1[C@@H](OCc2ccccc2)[C@@H](CO[Si](C)(C)C(C)(C)C)O[C@H]2C[C@@H]12. The standard InChI is InChI=1S/C21H32O3Si/c1-15-17-12-18(17)24-19(14-23-25(5,6)21(2,3)4)20(15)22-13-16-10-8-7-9-11-16/h7-11,17-20H,1,12-14H2,2-6H3/t17-,18-,19+,20+/m0/s1. The molecule has 3 nitrogen and oxygen atoms in total. The maximum absolute atomic E-state index is 6.42. The van der Waals surface area contributed by atoms with E-state index in [2.05, 4.69) is 52.6 Å². The Bertz CT molecular complexity index is 605. The van der Waals surface area contributed by atoms with E-state index >= 15 is 0 Å². The van der Waals surface area contributed by atoms with Gasteiger partial charge in [0.1, 0.15) is 12.2 Å². The van der Waals surface area contributed by atoms with Crippen molar-refractivity contribution < 1.29 is 13.9 Å². The molecular weight excluding hydrogens is 328 g/mol. The largest absolute Gasteiger partial charge is 0.414 e. The molecule has 0 bridgehead atoms. The minimum atomic E-state index is -1.80. The van der Waals surface area contributed by atoms with Crippen LogP contribution in [0.1, 0.15) is 32.8 Å². The lowest BCUT2D eigenvalue weighted by molar-refractivity contribution is -0.105. The van der Waals surface area contributed by atoms with E-state index in [1.807, 2.05) is 18.2 Å². The summed E-state index contributed by atoms with van der Waals surface area (Å²) in [7, 11) is -1.80. The zero-order chi connectivity index (χ0) is 18.2. The molecule has 0 amide bonds. The van der Waals surface area contributed by atoms with Crippen molar-refractivity contribution in [1.29, 1.82) is 0 Å². The molecule has 1 saturated carbocycles. The molecule has 2 fully saturated rings. The summed E-state index contributed by atoms with van der Waals surface area (Å²) >= 11 is 0. The maximum atomic E-state index is 6.42. The first-order valence-electron chi connectivity index (χ1n) is 9.33. The van der Waals surface area contributed by atoms with Crippen molar-refractivity contribution >= 4 is 8.32 Å². The molecule has 1 aliphatic carbocycles. The normalized spacial score (nSPS) is 29.4. The molecule has 4 heteroatoms. The highest BCUT2D eigenvalue weighted by Gasteiger charge is 2.51. The van der Waals surface area contributed by atoms with Crippen molar-refractivity contribution in [2.24, 2.45) is 5.92 Å². The van der Waals surface area contributed by atoms with Crippen molar-refractivity contribution in [1.82, 2.24) is 0 Å². The first-order valence-corrected chi connectivity index (χ1v) is 12.2. The molecule has 25 heavy (non-hydrogen) atoms. The summed E-state index contributed by atoms with van der Waals surface area (Å²) in [6.45, 7) is 16.9. The Kier molecular flexibility index (Phi) is 5.27. The van der Waals surface area contributed by atoms with E-state index in [-0.39, 0.29) is 17.2 Å². The number of hydrogen-bond donors (Lipinski definition) is 0. The van der Waals surface area contributed by atoms with E-state index in [0.717, 1.165) is 6.42 Å². The van der Waals surface area contributed by atoms with Crippen LogP contribution >= 0.6 is 0 Å². The summed E-state index contributed by atoms with van der Waals surface area (Å²) in [6, 6.07) is 10.3. The van der Waals surface area contributed by atoms with Gasteiger partial charge in [0.2, 0.25) is 0 Å². The molecule has 0 spiro atoms. The number of benzene rings is 1. The molecule has 1 aliphatic heterocycles. The van der Waals surface area contributed by atoms with Crippen molar-refractivity contribution in [3.05, 3.63) is 48.0 Å². The Morgan fingerprint density at radius 2 is 1.88 bits per heavy atom. The van der Waals surface area contributed by atoms with Crippen LogP contribution in [0.5, 0.6) is 0 Å². The fourth-order valence-electron chi connectivity index (χ4n) is 3.07. The van der Waals surface area contributed by atoms with Gasteiger partial charge in [-0.25, -0.2) is 0 Å². The van der Waals surface area contributed by atoms with Gasteiger partial charge in [0.05, 0.1) is 19.3 Å². The van der Waals surface area contributed by atoms with Crippen molar-refractivity contribution in [3.8, 4) is 0 Å². The molecule has 1 aromatic carbocycles. The van der Waals surface area contributed by atoms with E-state index in [0.29, 0.717) is 25.2 Å². The molecule has 0 radical (unpaired) electrons. The smallest absolute Gasteiger partial charge is 0.192 e. The Morgan fingerprint density at radius 1 is 1.20 bits per heavy atom. The summed E-state index contributed by atoms with van der Waals surface area (Å²) < 4.78 is 18.9. The molecule has 138 valence electrons. The van der Waals surface area contributed by atoms with E-state index in [9.17, 15) is 0 Å². The molecule has 0 N–H and O–H groups in total. The van der Waals surface area contributed by atoms with Gasteiger partial charge in [-0.05, 0) is 35.7 Å². The van der Waals surface area contributed by atoms with Crippen LogP contribution in [0.2, 0.25) is 18.1 Å². The second kappa shape index (κ2) is 6.99. The number of hydrogen-bond acceptors (Lipinski definition) is 3. The van der Waals surface area contributed by atoms with E-state index in [1.165, 1.54) is 11.1 Å². The highest BCUT2D eigenvalue weighted by Crippen LogP contribution is 2.48. The van der Waals surface area contributed by atoms with Crippen LogP contribution in [0.3, 0.4) is 0 Å². The summed E-state index contributed by atoms with van der Waals surface area (Å²) in [4.78, 5) is 0. The van der Waals surface area contributed by atoms with Gasteiger partial charge in [-0.15, -0.1) is 0 Å². The minimum Gasteiger partial charge on any atom is -0.414 e. The molecule has 0 aromatic heterocycles. The van der Waals surface area contributed by atoms with Crippen LogP contribution in [0.4, 0.5) is 0 Å². The molecular formula is C21H32O3Si. The zero-order valence-corrected chi connectivity index (χ0v) is 17.2. The van der Waals surface area contributed by atoms with E-state index in [4.69, 9.17) is 13.9 Å². The highest BCUT2D eigenvalue weighted by molar-refractivity contribution is 6.74. The van der Waals surface area contributed by atoms with Crippen molar-refractivity contribution in [3.63, 3.8) is 0 Å². The molecule has 1 aromatic rings. The average Bonchev–Trinajstić information content (AvgIpc) is 3.32. The Balaban J connectivity index is 1.64. The monoisotopic (exact) mass is 360 g/mol. The van der Waals surface area contributed by atoms with Crippen LogP contribution in [0.15, 0.2) is 42.5 Å². The van der Waals surface area contributed by atoms with Gasteiger partial charge < -0.3 is 13.9 Å². The topological polar surface area (TPSA) is 27.7 Å². The molecule has 3 rings (SSSR count). The summed E-state index contributed by atoms with van der Waals surface area (Å²) in [5.41, 5.74) is 2.37. The first-order chi connectivity index (χ1) is 11.7. The molecule has 0 unspecified atom stereocenters. The van der Waals surface area contributed by atoms with E-state index < -0.39 is 8.32 Å². The predicted octanol–water partition coefficient (Wildman–Crippen LogP) is 4.94. The van der Waals surface area contributed by atoms with Crippen molar-refractivity contribution in [2.45, 2.75) is 70.2 Å². The van der Waals surface area contributed by atoms with Gasteiger partial charge in [-0.3, -0.25) is 0 Å². The third-order valence-corrected chi connectivity index (χ3v) is 10.4. The second-order valence-corrected chi connectivity index (χ2v) is 13.7. The summed E-state index contributed by atoms with van der Waals surface area (Å²) in [5.74, 6) is 0.477. The first kappa shape index (κ1) is 18.8. The van der Waals surface area contributed by atoms with Crippen molar-refractivity contribution in [2.75, 3.05) is 6.61 Å². The summed E-state index contributed by atoms with van der Waals surface area (Å²) in [5, 5.41) is 0.196. The minimum absolute atomic E-state index is 0.0471. The second-order valence-electron chi connectivity index (χ2n) is 8.92. The fraction of sp³-hybridized carbons (Fsp3) is 0.619. The molecule has 2 aliphatic rings. The fourth-order valence-corrected chi connectivity index (χ4v) is 4.08. The van der Waals surface area contributed by atoms with Crippen LogP contribution in [0.25, 0.3) is 0 Å². The zero-order valence-electron chi connectivity index (χ0n) is 16.2. The van der Waals surface area contributed by atoms with Gasteiger partial charge in [-0.2, -0.15) is 0 Å². The molecule has 4 atom stereocenters. The van der Waals surface area contributed by atoms with Crippen LogP contribution < -0.4 is 0 Å². The average molecular weight is 361 g/mol. The maximum Gasteiger partial charge on any atom is 0.192 e. The molecule has 1 heterocycles. The van der Waals surface area contributed by atoms with Crippen LogP contribution in [0, 0.1) is 5.92 Å². The van der Waals surface area contributed by atoms with E-state index in [1.54, 1.807) is 0 Å². The number of ether oxygens (including phenoxy) is 2. The quantitative estimate of drug-likeness (QED) is 0.531. The lowest BCUT2D eigenvalue weighted by Gasteiger charge is -2.39. The number of fused-ring (bicyclic) bond motifs is 1. The Morgan fingerprint density at radius 3 is 2.52 bits per heavy atom. The van der Waals surface area contributed by atoms with Gasteiger partial charge in [0.25, 0.3) is 0 Å². The van der Waals surface area contributed by atoms with Gasteiger partial charge in [0, 0.05) is 5.92 Å². The lowest BCUT2D eigenvalue weighted by Crippen LogP contribution is -2.47. The van der Waals surface area contributed by atoms with Crippen LogP contribution in [-0.4, -0.2) is 33.2 Å². The third kappa shape index (κ3) is 4.25. The Hall–Kier alpha value is -0.943. The lowest BCUT2D eigenvalue weighted by atomic mass is 9.99. The number of rotatable bonds is 6. The van der Waals surface area contributed by atoms with Crippen LogP contribution in [-0.2, 0) is 20.5 Å². The van der Waals surface area contributed by atoms with Gasteiger partial charge in [0.15, 0.2) is 8.32 Å². The molecule has 1 saturated heterocycles. The van der Waals surface area contributed by atoms with Gasteiger partial charge >= 0.3 is 0 Å².